The zero-order valence-corrected chi connectivity index (χ0v) is 19.2. The summed E-state index contributed by atoms with van der Waals surface area (Å²) in [4.78, 5) is 16.9. The number of aryl methyl sites for hydroxylation is 2. The first-order chi connectivity index (χ1) is 16.2. The summed E-state index contributed by atoms with van der Waals surface area (Å²) in [5.41, 5.74) is 5.08. The lowest BCUT2D eigenvalue weighted by Gasteiger charge is -2.14. The minimum absolute atomic E-state index is 0.0929. The molecule has 2 aromatic heterocycles. The molecule has 0 aliphatic rings. The Morgan fingerprint density at radius 2 is 1.91 bits per heavy atom. The van der Waals surface area contributed by atoms with Crippen molar-refractivity contribution in [2.45, 2.75) is 13.3 Å². The van der Waals surface area contributed by atoms with Crippen LogP contribution in [0.5, 0.6) is 5.75 Å². The van der Waals surface area contributed by atoms with Gasteiger partial charge in [-0.05, 0) is 59.5 Å². The van der Waals surface area contributed by atoms with Crippen molar-refractivity contribution in [3.63, 3.8) is 0 Å². The number of halogens is 1. The van der Waals surface area contributed by atoms with Gasteiger partial charge in [0.2, 0.25) is 0 Å². The SMILES string of the molecule is C#Cc1ccc2c(c1)[nH]c1c2c(=O)c2cc(CC)c(-c3cccc(OS(=O)(=O)F)c3)cc2n1C. The van der Waals surface area contributed by atoms with Crippen molar-refractivity contribution in [1.29, 1.82) is 0 Å². The van der Waals surface area contributed by atoms with Gasteiger partial charge in [0.05, 0.1) is 10.9 Å². The van der Waals surface area contributed by atoms with Crippen LogP contribution in [0.3, 0.4) is 0 Å². The fourth-order valence-electron chi connectivity index (χ4n) is 4.49. The molecule has 5 aromatic rings. The molecule has 0 unspecified atom stereocenters. The number of terminal acetylenes is 1. The van der Waals surface area contributed by atoms with Crippen LogP contribution < -0.4 is 9.61 Å². The number of aromatic nitrogens is 2. The lowest BCUT2D eigenvalue weighted by molar-refractivity contribution is 0.440. The van der Waals surface area contributed by atoms with Crippen molar-refractivity contribution >= 4 is 43.3 Å². The minimum atomic E-state index is -5.14. The Bertz CT molecular complexity index is 1840. The van der Waals surface area contributed by atoms with Crippen molar-refractivity contribution in [2.24, 2.45) is 7.05 Å². The van der Waals surface area contributed by atoms with Gasteiger partial charge in [-0.2, -0.15) is 8.42 Å². The number of fused-ring (bicyclic) bond motifs is 4. The number of rotatable bonds is 4. The second-order valence-corrected chi connectivity index (χ2v) is 8.98. The molecule has 0 saturated carbocycles. The molecule has 0 spiro atoms. The smallest absolute Gasteiger partial charge is 0.358 e. The van der Waals surface area contributed by atoms with Gasteiger partial charge in [0, 0.05) is 28.9 Å². The van der Waals surface area contributed by atoms with E-state index in [1.54, 1.807) is 12.1 Å². The Morgan fingerprint density at radius 1 is 1.12 bits per heavy atom. The van der Waals surface area contributed by atoms with Crippen molar-refractivity contribution in [1.82, 2.24) is 9.55 Å². The Kier molecular flexibility index (Phi) is 4.95. The molecule has 0 radical (unpaired) electrons. The van der Waals surface area contributed by atoms with E-state index in [4.69, 9.17) is 6.42 Å². The number of pyridine rings is 1. The van der Waals surface area contributed by atoms with Gasteiger partial charge in [-0.3, -0.25) is 4.79 Å². The molecule has 0 amide bonds. The second kappa shape index (κ2) is 7.75. The summed E-state index contributed by atoms with van der Waals surface area (Å²) in [6, 6.07) is 15.4. The Labute approximate surface area is 195 Å². The van der Waals surface area contributed by atoms with E-state index in [1.165, 1.54) is 12.1 Å². The molecule has 170 valence electrons. The monoisotopic (exact) mass is 474 g/mol. The molecular weight excluding hydrogens is 455 g/mol. The van der Waals surface area contributed by atoms with E-state index in [0.717, 1.165) is 22.0 Å². The predicted octanol–water partition coefficient (Wildman–Crippen LogP) is 4.98. The summed E-state index contributed by atoms with van der Waals surface area (Å²) >= 11 is 0. The van der Waals surface area contributed by atoms with Gasteiger partial charge in [0.1, 0.15) is 11.4 Å². The zero-order chi connectivity index (χ0) is 24.2. The average Bonchev–Trinajstić information content (AvgIpc) is 3.20. The van der Waals surface area contributed by atoms with Crippen LogP contribution in [-0.4, -0.2) is 18.0 Å². The normalized spacial score (nSPS) is 11.8. The molecular formula is C26H19FN2O4S. The second-order valence-electron chi connectivity index (χ2n) is 8.03. The number of aromatic amines is 1. The van der Waals surface area contributed by atoms with Crippen LogP contribution in [0, 0.1) is 12.3 Å². The van der Waals surface area contributed by atoms with Crippen molar-refractivity contribution in [3.8, 4) is 29.2 Å². The van der Waals surface area contributed by atoms with Crippen LogP contribution in [0.1, 0.15) is 18.1 Å². The van der Waals surface area contributed by atoms with Gasteiger partial charge < -0.3 is 13.7 Å². The van der Waals surface area contributed by atoms with Gasteiger partial charge in [-0.15, -0.1) is 6.42 Å². The Hall–Kier alpha value is -4.09. The quantitative estimate of drug-likeness (QED) is 0.294. The third-order valence-electron chi connectivity index (χ3n) is 6.06. The van der Waals surface area contributed by atoms with Crippen LogP contribution >= 0.6 is 0 Å². The molecule has 0 atom stereocenters. The highest BCUT2D eigenvalue weighted by Gasteiger charge is 2.18. The third-order valence-corrected chi connectivity index (χ3v) is 6.45. The van der Waals surface area contributed by atoms with E-state index in [9.17, 15) is 17.1 Å². The molecule has 1 N–H and O–H groups in total. The zero-order valence-electron chi connectivity index (χ0n) is 18.3. The van der Waals surface area contributed by atoms with E-state index in [2.05, 4.69) is 15.1 Å². The summed E-state index contributed by atoms with van der Waals surface area (Å²) < 4.78 is 41.2. The predicted molar refractivity (Wildman–Crippen MR) is 132 cm³/mol. The van der Waals surface area contributed by atoms with E-state index >= 15 is 0 Å². The summed E-state index contributed by atoms with van der Waals surface area (Å²) in [6.45, 7) is 1.97. The fraction of sp³-hybridized carbons (Fsp3) is 0.115. The fourth-order valence-corrected chi connectivity index (χ4v) is 4.83. The standard InChI is InChI=1S/C26H19FN2O4S/c1-4-15-9-10-19-22(11-15)28-26-24(19)25(30)21-13-16(5-2)20(14-23(21)29(26)3)17-7-6-8-18(12-17)33-34(27,31)32/h1,6-14,28H,5H2,2-3H3. The average molecular weight is 475 g/mol. The Balaban J connectivity index is 1.81. The van der Waals surface area contributed by atoms with Crippen LogP contribution in [0.2, 0.25) is 0 Å². The van der Waals surface area contributed by atoms with Gasteiger partial charge in [0.15, 0.2) is 5.43 Å². The highest BCUT2D eigenvalue weighted by molar-refractivity contribution is 7.81. The first-order valence-corrected chi connectivity index (χ1v) is 11.8. The third kappa shape index (κ3) is 3.51. The lowest BCUT2D eigenvalue weighted by atomic mass is 9.95. The number of benzene rings is 3. The summed E-state index contributed by atoms with van der Waals surface area (Å²) in [7, 11) is -3.28. The van der Waals surface area contributed by atoms with Crippen molar-refractivity contribution in [2.75, 3.05) is 0 Å². The van der Waals surface area contributed by atoms with Crippen LogP contribution in [0.25, 0.3) is 44.0 Å². The van der Waals surface area contributed by atoms with Gasteiger partial charge in [0.25, 0.3) is 0 Å². The highest BCUT2D eigenvalue weighted by atomic mass is 32.3. The molecule has 2 heterocycles. The van der Waals surface area contributed by atoms with Crippen molar-refractivity contribution in [3.05, 3.63) is 75.9 Å². The molecule has 34 heavy (non-hydrogen) atoms. The lowest BCUT2D eigenvalue weighted by Crippen LogP contribution is -2.09. The van der Waals surface area contributed by atoms with Crippen LogP contribution in [0.15, 0.2) is 59.4 Å². The first kappa shape index (κ1) is 21.7. The number of nitrogens with one attached hydrogen (secondary N) is 1. The molecule has 3 aromatic carbocycles. The molecule has 5 rings (SSSR count). The van der Waals surface area contributed by atoms with Gasteiger partial charge >= 0.3 is 10.5 Å². The molecule has 0 aliphatic carbocycles. The summed E-state index contributed by atoms with van der Waals surface area (Å²) in [6.07, 6.45) is 6.15. The van der Waals surface area contributed by atoms with Gasteiger partial charge in [-0.25, -0.2) is 0 Å². The van der Waals surface area contributed by atoms with Gasteiger partial charge in [-0.1, -0.05) is 34.9 Å². The van der Waals surface area contributed by atoms with E-state index < -0.39 is 10.5 Å². The molecule has 0 fully saturated rings. The number of H-pyrrole nitrogens is 1. The molecule has 0 saturated heterocycles. The topological polar surface area (TPSA) is 81.2 Å². The maximum atomic E-state index is 13.6. The molecule has 0 aliphatic heterocycles. The molecule has 0 bridgehead atoms. The maximum Gasteiger partial charge on any atom is 0.488 e. The summed E-state index contributed by atoms with van der Waals surface area (Å²) in [5.74, 6) is 2.48. The van der Waals surface area contributed by atoms with E-state index in [0.29, 0.717) is 39.5 Å². The summed E-state index contributed by atoms with van der Waals surface area (Å²) in [5, 5.41) is 1.96. The van der Waals surface area contributed by atoms with E-state index in [-0.39, 0.29) is 11.2 Å². The minimum Gasteiger partial charge on any atom is -0.358 e. The Morgan fingerprint density at radius 3 is 2.62 bits per heavy atom. The highest BCUT2D eigenvalue weighted by Crippen LogP contribution is 2.33. The van der Waals surface area contributed by atoms with Crippen LogP contribution in [-0.2, 0) is 24.0 Å². The van der Waals surface area contributed by atoms with E-state index in [1.807, 2.05) is 48.9 Å². The molecule has 8 heteroatoms. The largest absolute Gasteiger partial charge is 0.488 e. The van der Waals surface area contributed by atoms with Crippen molar-refractivity contribution < 1.29 is 16.5 Å². The van der Waals surface area contributed by atoms with Crippen LogP contribution in [0.4, 0.5) is 3.89 Å². The number of hydrogen-bond acceptors (Lipinski definition) is 4. The molecule has 6 nitrogen and oxygen atoms in total. The number of nitrogens with zero attached hydrogens (tertiary/aromatic N) is 1. The maximum absolute atomic E-state index is 13.6. The first-order valence-electron chi connectivity index (χ1n) is 10.5. The number of hydrogen-bond donors (Lipinski definition) is 1.